The molecule has 0 aliphatic heterocycles. The minimum atomic E-state index is -0.301. The van der Waals surface area contributed by atoms with Crippen LogP contribution in [0.1, 0.15) is 37.7 Å². The predicted molar refractivity (Wildman–Crippen MR) is 75.2 cm³/mol. The van der Waals surface area contributed by atoms with E-state index >= 15 is 0 Å². The first-order valence-electron chi connectivity index (χ1n) is 6.24. The minimum Gasteiger partial charge on any atom is -0.325 e. The summed E-state index contributed by atoms with van der Waals surface area (Å²) in [5, 5.41) is 1.10. The SMILES string of the molecule is NC1(CC(=O)Cc2c(Cl)cccc2Cl)CCCC1. The second-order valence-electron chi connectivity index (χ2n) is 5.16. The number of hydrogen-bond donors (Lipinski definition) is 1. The number of nitrogens with two attached hydrogens (primary N) is 1. The van der Waals surface area contributed by atoms with Crippen molar-refractivity contribution in [2.24, 2.45) is 5.73 Å². The van der Waals surface area contributed by atoms with Crippen molar-refractivity contribution in [1.29, 1.82) is 0 Å². The van der Waals surface area contributed by atoms with E-state index in [-0.39, 0.29) is 17.7 Å². The topological polar surface area (TPSA) is 43.1 Å². The summed E-state index contributed by atoms with van der Waals surface area (Å²) in [6, 6.07) is 5.29. The van der Waals surface area contributed by atoms with Crippen LogP contribution in [0.15, 0.2) is 18.2 Å². The minimum absolute atomic E-state index is 0.120. The van der Waals surface area contributed by atoms with Crippen LogP contribution in [0, 0.1) is 0 Å². The lowest BCUT2D eigenvalue weighted by molar-refractivity contribution is -0.119. The zero-order valence-electron chi connectivity index (χ0n) is 10.2. The molecule has 1 aliphatic rings. The van der Waals surface area contributed by atoms with Gasteiger partial charge in [0.25, 0.3) is 0 Å². The van der Waals surface area contributed by atoms with Crippen molar-refractivity contribution < 1.29 is 4.79 Å². The van der Waals surface area contributed by atoms with E-state index in [2.05, 4.69) is 0 Å². The molecule has 2 N–H and O–H groups in total. The molecule has 0 radical (unpaired) electrons. The van der Waals surface area contributed by atoms with Crippen molar-refractivity contribution in [2.45, 2.75) is 44.1 Å². The second-order valence-corrected chi connectivity index (χ2v) is 5.98. The summed E-state index contributed by atoms with van der Waals surface area (Å²) in [5.74, 6) is 0.120. The van der Waals surface area contributed by atoms with Gasteiger partial charge in [-0.05, 0) is 30.5 Å². The summed E-state index contributed by atoms with van der Waals surface area (Å²) in [4.78, 5) is 12.1. The highest BCUT2D eigenvalue weighted by Crippen LogP contribution is 2.31. The first-order chi connectivity index (χ1) is 8.50. The summed E-state index contributed by atoms with van der Waals surface area (Å²) >= 11 is 12.1. The number of ketones is 1. The summed E-state index contributed by atoms with van der Waals surface area (Å²) in [5.41, 5.74) is 6.62. The number of carbonyl (C=O) groups is 1. The van der Waals surface area contributed by atoms with E-state index in [1.807, 2.05) is 0 Å². The maximum Gasteiger partial charge on any atom is 0.139 e. The molecular weight excluding hydrogens is 269 g/mol. The van der Waals surface area contributed by atoms with E-state index < -0.39 is 0 Å². The second kappa shape index (κ2) is 5.60. The van der Waals surface area contributed by atoms with E-state index in [0.717, 1.165) is 25.7 Å². The highest BCUT2D eigenvalue weighted by molar-refractivity contribution is 6.36. The van der Waals surface area contributed by atoms with Crippen LogP contribution in [0.25, 0.3) is 0 Å². The number of hydrogen-bond acceptors (Lipinski definition) is 2. The van der Waals surface area contributed by atoms with Crippen molar-refractivity contribution in [3.8, 4) is 0 Å². The summed E-state index contributed by atoms with van der Waals surface area (Å²) in [7, 11) is 0. The fourth-order valence-electron chi connectivity index (χ4n) is 2.61. The summed E-state index contributed by atoms with van der Waals surface area (Å²) in [6.45, 7) is 0. The molecule has 1 fully saturated rings. The highest BCUT2D eigenvalue weighted by Gasteiger charge is 2.31. The van der Waals surface area contributed by atoms with Gasteiger partial charge in [-0.2, -0.15) is 0 Å². The maximum atomic E-state index is 12.1. The Hall–Kier alpha value is -0.570. The molecule has 0 unspecified atom stereocenters. The molecule has 0 bridgehead atoms. The molecule has 0 heterocycles. The van der Waals surface area contributed by atoms with Gasteiger partial charge in [0.15, 0.2) is 0 Å². The van der Waals surface area contributed by atoms with Crippen LogP contribution in [0.3, 0.4) is 0 Å². The highest BCUT2D eigenvalue weighted by atomic mass is 35.5. The normalized spacial score (nSPS) is 17.9. The van der Waals surface area contributed by atoms with Crippen LogP contribution in [0.5, 0.6) is 0 Å². The van der Waals surface area contributed by atoms with Crippen molar-refractivity contribution in [2.75, 3.05) is 0 Å². The molecule has 2 nitrogen and oxygen atoms in total. The standard InChI is InChI=1S/C14H17Cl2NO/c15-12-4-3-5-13(16)11(12)8-10(18)9-14(17)6-1-2-7-14/h3-5H,1-2,6-9,17H2. The molecule has 0 aromatic heterocycles. The van der Waals surface area contributed by atoms with Crippen LogP contribution in [-0.4, -0.2) is 11.3 Å². The van der Waals surface area contributed by atoms with Gasteiger partial charge in [0.05, 0.1) is 0 Å². The largest absolute Gasteiger partial charge is 0.325 e. The van der Waals surface area contributed by atoms with Gasteiger partial charge in [0, 0.05) is 28.4 Å². The Morgan fingerprint density at radius 3 is 2.33 bits per heavy atom. The molecule has 0 saturated heterocycles. The lowest BCUT2D eigenvalue weighted by Crippen LogP contribution is -2.39. The third kappa shape index (κ3) is 3.25. The van der Waals surface area contributed by atoms with Gasteiger partial charge in [-0.3, -0.25) is 4.79 Å². The van der Waals surface area contributed by atoms with Gasteiger partial charge < -0.3 is 5.73 Å². The first-order valence-corrected chi connectivity index (χ1v) is 6.99. The van der Waals surface area contributed by atoms with Crippen LogP contribution >= 0.6 is 23.2 Å². The van der Waals surface area contributed by atoms with Crippen LogP contribution in [-0.2, 0) is 11.2 Å². The third-order valence-corrected chi connectivity index (χ3v) is 4.29. The molecule has 0 atom stereocenters. The van der Waals surface area contributed by atoms with Crippen molar-refractivity contribution in [3.05, 3.63) is 33.8 Å². The van der Waals surface area contributed by atoms with E-state index in [4.69, 9.17) is 28.9 Å². The quantitative estimate of drug-likeness (QED) is 0.915. The van der Waals surface area contributed by atoms with E-state index in [9.17, 15) is 4.79 Å². The van der Waals surface area contributed by atoms with Gasteiger partial charge >= 0.3 is 0 Å². The van der Waals surface area contributed by atoms with Crippen molar-refractivity contribution in [1.82, 2.24) is 0 Å². The Kier molecular flexibility index (Phi) is 4.31. The number of rotatable bonds is 4. The number of benzene rings is 1. The number of halogens is 2. The van der Waals surface area contributed by atoms with Crippen molar-refractivity contribution in [3.63, 3.8) is 0 Å². The maximum absolute atomic E-state index is 12.1. The molecular formula is C14H17Cl2NO. The summed E-state index contributed by atoms with van der Waals surface area (Å²) < 4.78 is 0. The molecule has 1 aliphatic carbocycles. The molecule has 0 amide bonds. The van der Waals surface area contributed by atoms with Gasteiger partial charge in [-0.15, -0.1) is 0 Å². The average Bonchev–Trinajstić information content (AvgIpc) is 2.70. The van der Waals surface area contributed by atoms with E-state index in [0.29, 0.717) is 22.0 Å². The Bertz CT molecular complexity index is 433. The van der Waals surface area contributed by atoms with Gasteiger partial charge in [-0.25, -0.2) is 0 Å². The zero-order valence-corrected chi connectivity index (χ0v) is 11.7. The molecule has 1 saturated carbocycles. The third-order valence-electron chi connectivity index (χ3n) is 3.58. The Morgan fingerprint density at radius 1 is 1.22 bits per heavy atom. The Morgan fingerprint density at radius 2 is 1.78 bits per heavy atom. The zero-order chi connectivity index (χ0) is 13.2. The Labute approximate surface area is 117 Å². The molecule has 4 heteroatoms. The molecule has 98 valence electrons. The lowest BCUT2D eigenvalue weighted by atomic mass is 9.90. The van der Waals surface area contributed by atoms with Gasteiger partial charge in [-0.1, -0.05) is 42.1 Å². The van der Waals surface area contributed by atoms with E-state index in [1.165, 1.54) is 0 Å². The number of Topliss-reactive ketones (excluding diaryl/α,β-unsaturated/α-hetero) is 1. The first kappa shape index (κ1) is 13.9. The van der Waals surface area contributed by atoms with Crippen LogP contribution in [0.2, 0.25) is 10.0 Å². The molecule has 1 aromatic carbocycles. The fraction of sp³-hybridized carbons (Fsp3) is 0.500. The Balaban J connectivity index is 2.03. The lowest BCUT2D eigenvalue weighted by Gasteiger charge is -2.22. The summed E-state index contributed by atoms with van der Waals surface area (Å²) in [6.07, 6.45) is 4.82. The monoisotopic (exact) mass is 285 g/mol. The van der Waals surface area contributed by atoms with Gasteiger partial charge in [0.1, 0.15) is 5.78 Å². The van der Waals surface area contributed by atoms with Gasteiger partial charge in [0.2, 0.25) is 0 Å². The predicted octanol–water partition coefficient (Wildman–Crippen LogP) is 3.77. The van der Waals surface area contributed by atoms with E-state index in [1.54, 1.807) is 18.2 Å². The molecule has 0 spiro atoms. The smallest absolute Gasteiger partial charge is 0.139 e. The van der Waals surface area contributed by atoms with Crippen LogP contribution in [0.4, 0.5) is 0 Å². The molecule has 2 rings (SSSR count). The number of carbonyl (C=O) groups excluding carboxylic acids is 1. The van der Waals surface area contributed by atoms with Crippen molar-refractivity contribution >= 4 is 29.0 Å². The average molecular weight is 286 g/mol. The molecule has 18 heavy (non-hydrogen) atoms. The molecule has 1 aromatic rings. The van der Waals surface area contributed by atoms with Crippen LogP contribution < -0.4 is 5.73 Å². The fourth-order valence-corrected chi connectivity index (χ4v) is 3.14.